The maximum absolute atomic E-state index is 12.5. The molecule has 0 saturated heterocycles. The number of carbonyl (C=O) groups is 1. The van der Waals surface area contributed by atoms with Crippen molar-refractivity contribution < 1.29 is 17.8 Å². The van der Waals surface area contributed by atoms with E-state index in [1.807, 2.05) is 54.6 Å². The van der Waals surface area contributed by atoms with Gasteiger partial charge in [-0.3, -0.25) is 9.35 Å². The SMILES string of the molecule is O=C(CCc1ccccc1S(=O)(=O)O)Cc1ccccc1-c1ccccc1. The van der Waals surface area contributed by atoms with E-state index in [1.165, 1.54) is 6.07 Å². The average molecular weight is 380 g/mol. The van der Waals surface area contributed by atoms with Crippen molar-refractivity contribution in [2.75, 3.05) is 0 Å². The first-order valence-corrected chi connectivity index (χ1v) is 10.1. The largest absolute Gasteiger partial charge is 0.299 e. The molecule has 27 heavy (non-hydrogen) atoms. The molecule has 3 aromatic rings. The second-order valence-electron chi connectivity index (χ2n) is 6.32. The first kappa shape index (κ1) is 19.0. The lowest BCUT2D eigenvalue weighted by atomic mass is 9.95. The van der Waals surface area contributed by atoms with Crippen molar-refractivity contribution in [1.82, 2.24) is 0 Å². The van der Waals surface area contributed by atoms with Crippen molar-refractivity contribution in [3.8, 4) is 11.1 Å². The molecule has 0 aliphatic rings. The molecule has 0 saturated carbocycles. The number of hydrogen-bond donors (Lipinski definition) is 1. The van der Waals surface area contributed by atoms with Crippen LogP contribution in [0.1, 0.15) is 17.5 Å². The molecule has 0 spiro atoms. The Labute approximate surface area is 159 Å². The van der Waals surface area contributed by atoms with Gasteiger partial charge in [0, 0.05) is 12.8 Å². The van der Waals surface area contributed by atoms with Crippen LogP contribution in [0.15, 0.2) is 83.8 Å². The fourth-order valence-corrected chi connectivity index (χ4v) is 3.86. The maximum Gasteiger partial charge on any atom is 0.294 e. The zero-order chi connectivity index (χ0) is 19.3. The summed E-state index contributed by atoms with van der Waals surface area (Å²) >= 11 is 0. The van der Waals surface area contributed by atoms with E-state index in [-0.39, 0.29) is 29.9 Å². The summed E-state index contributed by atoms with van der Waals surface area (Å²) < 4.78 is 32.2. The number of hydrogen-bond acceptors (Lipinski definition) is 3. The molecule has 0 heterocycles. The molecule has 3 aromatic carbocycles. The quantitative estimate of drug-likeness (QED) is 0.619. The zero-order valence-corrected chi connectivity index (χ0v) is 15.5. The van der Waals surface area contributed by atoms with Gasteiger partial charge < -0.3 is 0 Å². The Kier molecular flexibility index (Phi) is 5.84. The van der Waals surface area contributed by atoms with E-state index in [0.717, 1.165) is 16.7 Å². The molecule has 0 aromatic heterocycles. The molecule has 5 heteroatoms. The molecular weight excluding hydrogens is 360 g/mol. The maximum atomic E-state index is 12.5. The molecule has 0 atom stereocenters. The summed E-state index contributed by atoms with van der Waals surface area (Å²) in [7, 11) is -4.29. The molecule has 0 aliphatic carbocycles. The topological polar surface area (TPSA) is 71.4 Å². The second-order valence-corrected chi connectivity index (χ2v) is 7.71. The lowest BCUT2D eigenvalue weighted by Crippen LogP contribution is -2.08. The van der Waals surface area contributed by atoms with Crippen LogP contribution in [0.3, 0.4) is 0 Å². The highest BCUT2D eigenvalue weighted by Gasteiger charge is 2.16. The van der Waals surface area contributed by atoms with Crippen LogP contribution in [0.5, 0.6) is 0 Å². The van der Waals surface area contributed by atoms with Gasteiger partial charge in [0.15, 0.2) is 0 Å². The molecule has 0 amide bonds. The third kappa shape index (κ3) is 4.90. The van der Waals surface area contributed by atoms with Crippen LogP contribution in [-0.2, 0) is 27.8 Å². The Hall–Kier alpha value is -2.76. The smallest absolute Gasteiger partial charge is 0.294 e. The normalized spacial score (nSPS) is 11.3. The highest BCUT2D eigenvalue weighted by Crippen LogP contribution is 2.24. The molecule has 0 fully saturated rings. The highest BCUT2D eigenvalue weighted by atomic mass is 32.2. The number of rotatable bonds is 7. The molecule has 1 N–H and O–H groups in total. The number of benzene rings is 3. The van der Waals surface area contributed by atoms with E-state index in [2.05, 4.69) is 0 Å². The predicted octanol–water partition coefficient (Wildman–Crippen LogP) is 4.34. The number of ketones is 1. The van der Waals surface area contributed by atoms with Gasteiger partial charge in [-0.1, -0.05) is 72.8 Å². The summed E-state index contributed by atoms with van der Waals surface area (Å²) in [6.45, 7) is 0. The average Bonchev–Trinajstić information content (AvgIpc) is 2.67. The Balaban J connectivity index is 1.74. The predicted molar refractivity (Wildman–Crippen MR) is 105 cm³/mol. The van der Waals surface area contributed by atoms with Crippen LogP contribution in [0.25, 0.3) is 11.1 Å². The van der Waals surface area contributed by atoms with Crippen LogP contribution in [0.4, 0.5) is 0 Å². The van der Waals surface area contributed by atoms with E-state index >= 15 is 0 Å². The summed E-state index contributed by atoms with van der Waals surface area (Å²) in [5, 5.41) is 0. The van der Waals surface area contributed by atoms with Crippen molar-refractivity contribution in [1.29, 1.82) is 0 Å². The minimum absolute atomic E-state index is 0.0171. The Morgan fingerprint density at radius 3 is 2.07 bits per heavy atom. The Morgan fingerprint density at radius 1 is 0.778 bits per heavy atom. The summed E-state index contributed by atoms with van der Waals surface area (Å²) in [6, 6.07) is 23.9. The van der Waals surface area contributed by atoms with Crippen molar-refractivity contribution >= 4 is 15.9 Å². The highest BCUT2D eigenvalue weighted by molar-refractivity contribution is 7.85. The van der Waals surface area contributed by atoms with Gasteiger partial charge >= 0.3 is 0 Å². The van der Waals surface area contributed by atoms with Crippen LogP contribution < -0.4 is 0 Å². The molecule has 0 radical (unpaired) electrons. The molecule has 0 bridgehead atoms. The molecule has 0 unspecified atom stereocenters. The van der Waals surface area contributed by atoms with Gasteiger partial charge in [-0.15, -0.1) is 0 Å². The van der Waals surface area contributed by atoms with Gasteiger partial charge in [0.1, 0.15) is 5.78 Å². The van der Waals surface area contributed by atoms with Crippen LogP contribution in [0.2, 0.25) is 0 Å². The van der Waals surface area contributed by atoms with Gasteiger partial charge in [-0.25, -0.2) is 0 Å². The minimum Gasteiger partial charge on any atom is -0.299 e. The second kappa shape index (κ2) is 8.29. The van der Waals surface area contributed by atoms with Crippen molar-refractivity contribution in [3.05, 3.63) is 90.0 Å². The van der Waals surface area contributed by atoms with Crippen LogP contribution in [0, 0.1) is 0 Å². The van der Waals surface area contributed by atoms with E-state index in [4.69, 9.17) is 0 Å². The lowest BCUT2D eigenvalue weighted by Gasteiger charge is -2.10. The fourth-order valence-electron chi connectivity index (χ4n) is 3.11. The standard InChI is InChI=1S/C22H20O4S/c23-20(15-14-18-10-5-7-13-22(18)27(24,25)26)16-19-11-4-6-12-21(19)17-8-2-1-3-9-17/h1-13H,14-16H2,(H,24,25,26). The first-order valence-electron chi connectivity index (χ1n) is 8.65. The molecule has 138 valence electrons. The Bertz CT molecular complexity index is 1040. The monoisotopic (exact) mass is 380 g/mol. The van der Waals surface area contributed by atoms with E-state index in [1.54, 1.807) is 18.2 Å². The molecule has 4 nitrogen and oxygen atoms in total. The fraction of sp³-hybridized carbons (Fsp3) is 0.136. The van der Waals surface area contributed by atoms with Crippen LogP contribution >= 0.6 is 0 Å². The zero-order valence-electron chi connectivity index (χ0n) is 14.7. The lowest BCUT2D eigenvalue weighted by molar-refractivity contribution is -0.118. The first-order chi connectivity index (χ1) is 12.9. The minimum atomic E-state index is -4.29. The van der Waals surface area contributed by atoms with Gasteiger partial charge in [0.2, 0.25) is 0 Å². The third-order valence-electron chi connectivity index (χ3n) is 4.41. The van der Waals surface area contributed by atoms with E-state index < -0.39 is 10.1 Å². The van der Waals surface area contributed by atoms with Gasteiger partial charge in [-0.05, 0) is 34.7 Å². The number of aryl methyl sites for hydroxylation is 1. The molecule has 0 aliphatic heterocycles. The van der Waals surface area contributed by atoms with Gasteiger partial charge in [-0.2, -0.15) is 8.42 Å². The third-order valence-corrected chi connectivity index (χ3v) is 5.37. The summed E-state index contributed by atoms with van der Waals surface area (Å²) in [6.07, 6.45) is 0.747. The van der Waals surface area contributed by atoms with E-state index in [0.29, 0.717) is 5.56 Å². The van der Waals surface area contributed by atoms with Gasteiger partial charge in [0.05, 0.1) is 4.90 Å². The van der Waals surface area contributed by atoms with Crippen LogP contribution in [-0.4, -0.2) is 18.8 Å². The Morgan fingerprint density at radius 2 is 1.37 bits per heavy atom. The van der Waals surface area contributed by atoms with Crippen molar-refractivity contribution in [2.24, 2.45) is 0 Å². The summed E-state index contributed by atoms with van der Waals surface area (Å²) in [5.74, 6) is 0.0171. The number of carbonyl (C=O) groups excluding carboxylic acids is 1. The van der Waals surface area contributed by atoms with E-state index in [9.17, 15) is 17.8 Å². The van der Waals surface area contributed by atoms with Gasteiger partial charge in [0.25, 0.3) is 10.1 Å². The van der Waals surface area contributed by atoms with Crippen molar-refractivity contribution in [2.45, 2.75) is 24.2 Å². The van der Waals surface area contributed by atoms with Crippen molar-refractivity contribution in [3.63, 3.8) is 0 Å². The summed E-state index contributed by atoms with van der Waals surface area (Å²) in [5.41, 5.74) is 3.46. The summed E-state index contributed by atoms with van der Waals surface area (Å²) in [4.78, 5) is 12.4. The number of Topliss-reactive ketones (excluding diaryl/α,β-unsaturated/α-hetero) is 1. The molecule has 3 rings (SSSR count). The molecular formula is C22H20O4S.